The molecule has 0 radical (unpaired) electrons. The van der Waals surface area contributed by atoms with Gasteiger partial charge in [-0.2, -0.15) is 4.31 Å². The molecule has 7 atom stereocenters. The van der Waals surface area contributed by atoms with E-state index in [1.807, 2.05) is 0 Å². The minimum Gasteiger partial charge on any atom is -0.387 e. The highest BCUT2D eigenvalue weighted by Crippen LogP contribution is 2.59. The van der Waals surface area contributed by atoms with E-state index in [1.165, 1.54) is 0 Å². The van der Waals surface area contributed by atoms with Gasteiger partial charge in [0.1, 0.15) is 36.6 Å². The zero-order valence-electron chi connectivity index (χ0n) is 13.0. The summed E-state index contributed by atoms with van der Waals surface area (Å²) in [5, 5.41) is 29.8. The molecule has 0 aromatic rings. The van der Waals surface area contributed by atoms with Crippen LogP contribution >= 0.6 is 31.3 Å². The molecule has 0 heterocycles. The van der Waals surface area contributed by atoms with Crippen LogP contribution in [-0.2, 0) is 36.1 Å². The first-order valence-corrected chi connectivity index (χ1v) is 12.6. The first-order chi connectivity index (χ1) is 12.2. The quantitative estimate of drug-likeness (QED) is 0.145. The molecule has 18 nitrogen and oxygen atoms in total. The molecule has 1 unspecified atom stereocenters. The number of hydrogen-bond donors (Lipinski definition) is 10. The Bertz CT molecular complexity index is 732. The highest BCUT2D eigenvalue weighted by Gasteiger charge is 2.57. The first kappa shape index (κ1) is 26.4. The van der Waals surface area contributed by atoms with Crippen LogP contribution in [0.15, 0.2) is 0 Å². The van der Waals surface area contributed by atoms with Crippen molar-refractivity contribution in [3.05, 3.63) is 0 Å². The van der Waals surface area contributed by atoms with E-state index >= 15 is 0 Å². The minimum atomic E-state index is -5.76. The van der Waals surface area contributed by atoms with Crippen molar-refractivity contribution in [2.45, 2.75) is 36.6 Å². The fourth-order valence-corrected chi connectivity index (χ4v) is 5.07. The van der Waals surface area contributed by atoms with Crippen LogP contribution in [0.2, 0.25) is 0 Å². The minimum absolute atomic E-state index is 2.50. The summed E-state index contributed by atoms with van der Waals surface area (Å²) in [4.78, 5) is 61.6. The third-order valence-electron chi connectivity index (χ3n) is 3.00. The summed E-state index contributed by atoms with van der Waals surface area (Å²) in [6.45, 7) is 0. The van der Waals surface area contributed by atoms with Crippen molar-refractivity contribution in [2.24, 2.45) is 0 Å². The monoisotopic (exact) mass is 500 g/mol. The summed E-state index contributed by atoms with van der Waals surface area (Å²) in [6.07, 6.45) is -15.4. The first-order valence-electron chi connectivity index (χ1n) is 6.52. The Morgan fingerprint density at radius 2 is 0.857 bits per heavy atom. The summed E-state index contributed by atoms with van der Waals surface area (Å²) in [5.74, 6) is 0. The lowest BCUT2D eigenvalue weighted by Gasteiger charge is -2.44. The second kappa shape index (κ2) is 8.85. The van der Waals surface area contributed by atoms with Gasteiger partial charge >= 0.3 is 31.3 Å². The second-order valence-corrected chi connectivity index (χ2v) is 10.4. The fourth-order valence-electron chi connectivity index (χ4n) is 2.16. The van der Waals surface area contributed by atoms with Gasteiger partial charge in [-0.1, -0.05) is 0 Å². The fraction of sp³-hybridized carbons (Fsp3) is 1.00. The van der Waals surface area contributed by atoms with Crippen LogP contribution < -0.4 is 0 Å². The molecule has 28 heavy (non-hydrogen) atoms. The van der Waals surface area contributed by atoms with Crippen molar-refractivity contribution in [2.75, 3.05) is 0 Å². The average Bonchev–Trinajstić information content (AvgIpc) is 2.40. The summed E-state index contributed by atoms with van der Waals surface area (Å²) in [7, 11) is -22.5. The van der Waals surface area contributed by atoms with Gasteiger partial charge in [0.15, 0.2) is 0 Å². The molecule has 22 heteroatoms. The molecule has 1 rings (SSSR count). The summed E-state index contributed by atoms with van der Waals surface area (Å²) >= 11 is 0. The van der Waals surface area contributed by atoms with Crippen molar-refractivity contribution < 1.29 is 85.7 Å². The van der Waals surface area contributed by atoms with E-state index in [-0.39, 0.29) is 0 Å². The maximum absolute atomic E-state index is 11.6. The summed E-state index contributed by atoms with van der Waals surface area (Å²) in [6, 6.07) is 0. The number of phosphoric acid groups is 4. The molecule has 1 aliphatic rings. The molecule has 168 valence electrons. The van der Waals surface area contributed by atoms with Crippen LogP contribution in [0.1, 0.15) is 0 Å². The van der Waals surface area contributed by atoms with E-state index in [1.54, 1.807) is 0 Å². The van der Waals surface area contributed by atoms with Gasteiger partial charge < -0.3 is 49.6 Å². The SMILES string of the molecule is O=P(O)(O)O[C@@H]1[C@@H](O)[C@@H](O)[C@@H](OP(=O)(O)OP(=O)(O)O)[C@H](O)[C@H]1OP(=O)(O)O. The molecular weight excluding hydrogens is 484 g/mol. The van der Waals surface area contributed by atoms with Gasteiger partial charge in [0.2, 0.25) is 0 Å². The van der Waals surface area contributed by atoms with E-state index < -0.39 is 67.9 Å². The van der Waals surface area contributed by atoms with E-state index in [9.17, 15) is 38.5 Å². The average molecular weight is 500 g/mol. The normalized spacial score (nSPS) is 34.8. The van der Waals surface area contributed by atoms with Crippen LogP contribution in [0.3, 0.4) is 0 Å². The van der Waals surface area contributed by atoms with Gasteiger partial charge in [0, 0.05) is 0 Å². The van der Waals surface area contributed by atoms with Gasteiger partial charge in [-0.15, -0.1) is 0 Å². The van der Waals surface area contributed by atoms with E-state index in [0.717, 1.165) is 0 Å². The zero-order chi connectivity index (χ0) is 22.3. The second-order valence-electron chi connectivity index (χ2n) is 5.20. The van der Waals surface area contributed by atoms with Crippen LogP contribution in [0.4, 0.5) is 0 Å². The number of phosphoric ester groups is 3. The van der Waals surface area contributed by atoms with Gasteiger partial charge in [-0.05, 0) is 0 Å². The maximum Gasteiger partial charge on any atom is 0.481 e. The van der Waals surface area contributed by atoms with Crippen LogP contribution in [0.25, 0.3) is 0 Å². The topological polar surface area (TPSA) is 308 Å². The molecule has 0 amide bonds. The Morgan fingerprint density at radius 1 is 0.500 bits per heavy atom. The van der Waals surface area contributed by atoms with Crippen molar-refractivity contribution in [3.8, 4) is 0 Å². The Balaban J connectivity index is 3.25. The van der Waals surface area contributed by atoms with E-state index in [4.69, 9.17) is 29.4 Å². The van der Waals surface area contributed by atoms with E-state index in [0.29, 0.717) is 0 Å². The molecule has 10 N–H and O–H groups in total. The van der Waals surface area contributed by atoms with Crippen molar-refractivity contribution in [1.82, 2.24) is 0 Å². The molecule has 0 aliphatic heterocycles. The summed E-state index contributed by atoms with van der Waals surface area (Å²) < 4.78 is 59.8. The van der Waals surface area contributed by atoms with Gasteiger partial charge in [-0.25, -0.2) is 18.3 Å². The lowest BCUT2D eigenvalue weighted by atomic mass is 9.85. The molecule has 1 fully saturated rings. The predicted molar refractivity (Wildman–Crippen MR) is 79.7 cm³/mol. The number of aliphatic hydroxyl groups is 3. The Labute approximate surface area is 154 Å². The molecule has 0 saturated heterocycles. The number of rotatable bonds is 8. The van der Waals surface area contributed by atoms with Crippen molar-refractivity contribution in [1.29, 1.82) is 0 Å². The predicted octanol–water partition coefficient (Wildman–Crippen LogP) is -3.37. The van der Waals surface area contributed by atoms with Crippen molar-refractivity contribution >= 4 is 31.3 Å². The lowest BCUT2D eigenvalue weighted by molar-refractivity contribution is -0.212. The van der Waals surface area contributed by atoms with Gasteiger partial charge in [0.25, 0.3) is 0 Å². The molecule has 0 aromatic carbocycles. The maximum atomic E-state index is 11.6. The number of aliphatic hydroxyl groups excluding tert-OH is 3. The third kappa shape index (κ3) is 8.24. The number of hydrogen-bond acceptors (Lipinski definition) is 11. The molecule has 0 bridgehead atoms. The van der Waals surface area contributed by atoms with E-state index in [2.05, 4.69) is 17.9 Å². The largest absolute Gasteiger partial charge is 0.481 e. The Morgan fingerprint density at radius 3 is 1.21 bits per heavy atom. The lowest BCUT2D eigenvalue weighted by Crippen LogP contribution is -2.65. The highest BCUT2D eigenvalue weighted by atomic mass is 31.3. The standard InChI is InChI=1S/C6H16O18P4/c7-1-2(8)5(21-25(10,11)12)6(22-26(13,14)15)3(9)4(1)23-28(19,20)24-27(16,17)18/h1-9H,(H,19,20)(H2,10,11,12)(H2,13,14,15)(H2,16,17,18)/t1-,2+,3+,4-,5-,6-/m1/s1. The molecule has 1 saturated carbocycles. The molecular formula is C6H16O18P4. The van der Waals surface area contributed by atoms with Crippen molar-refractivity contribution in [3.63, 3.8) is 0 Å². The van der Waals surface area contributed by atoms with Gasteiger partial charge in [0.05, 0.1) is 0 Å². The Hall–Kier alpha value is 0.360. The summed E-state index contributed by atoms with van der Waals surface area (Å²) in [5.41, 5.74) is 0. The molecule has 0 spiro atoms. The van der Waals surface area contributed by atoms with Crippen LogP contribution in [-0.4, -0.2) is 86.2 Å². The van der Waals surface area contributed by atoms with Gasteiger partial charge in [-0.3, -0.25) is 13.6 Å². The zero-order valence-corrected chi connectivity index (χ0v) is 16.6. The smallest absolute Gasteiger partial charge is 0.387 e. The van der Waals surface area contributed by atoms with Crippen LogP contribution in [0, 0.1) is 0 Å². The molecule has 0 aromatic heterocycles. The Kier molecular flexibility index (Phi) is 8.34. The third-order valence-corrected chi connectivity index (χ3v) is 6.22. The molecule has 1 aliphatic carbocycles. The highest BCUT2D eigenvalue weighted by molar-refractivity contribution is 7.60. The van der Waals surface area contributed by atoms with Crippen LogP contribution in [0.5, 0.6) is 0 Å².